The van der Waals surface area contributed by atoms with Crippen molar-refractivity contribution in [2.75, 3.05) is 0 Å². The van der Waals surface area contributed by atoms with Crippen LogP contribution in [0.5, 0.6) is 0 Å². The van der Waals surface area contributed by atoms with E-state index in [1.807, 2.05) is 6.07 Å². The molecule has 0 bridgehead atoms. The van der Waals surface area contributed by atoms with Crippen molar-refractivity contribution in [2.45, 2.75) is 37.3 Å². The summed E-state index contributed by atoms with van der Waals surface area (Å²) in [6.45, 7) is 0. The van der Waals surface area contributed by atoms with Crippen LogP contribution in [-0.2, 0) is 0 Å². The van der Waals surface area contributed by atoms with Gasteiger partial charge in [-0.05, 0) is 18.4 Å². The number of urea groups is 1. The molecule has 1 heterocycles. The zero-order chi connectivity index (χ0) is 11.0. The van der Waals surface area contributed by atoms with Gasteiger partial charge in [0, 0.05) is 5.92 Å². The molecule has 0 spiro atoms. The van der Waals surface area contributed by atoms with Crippen LogP contribution in [-0.4, -0.2) is 18.1 Å². The maximum absolute atomic E-state index is 11.4. The van der Waals surface area contributed by atoms with Gasteiger partial charge in [0.25, 0.3) is 0 Å². The van der Waals surface area contributed by atoms with Crippen molar-refractivity contribution in [1.29, 1.82) is 0 Å². The third-order valence-electron chi connectivity index (χ3n) is 3.74. The van der Waals surface area contributed by atoms with Crippen LogP contribution >= 0.6 is 0 Å². The zero-order valence-electron chi connectivity index (χ0n) is 9.15. The molecule has 3 rings (SSSR count). The number of hydrogen-bond donors (Lipinski definition) is 2. The number of hydrogen-bond acceptors (Lipinski definition) is 1. The zero-order valence-corrected chi connectivity index (χ0v) is 9.15. The molecule has 0 radical (unpaired) electrons. The van der Waals surface area contributed by atoms with Gasteiger partial charge < -0.3 is 10.6 Å². The highest BCUT2D eigenvalue weighted by molar-refractivity contribution is 5.77. The number of carbonyl (C=O) groups excluding carboxylic acids is 1. The van der Waals surface area contributed by atoms with Crippen LogP contribution in [0.4, 0.5) is 4.79 Å². The molecule has 2 amide bonds. The van der Waals surface area contributed by atoms with Crippen molar-refractivity contribution < 1.29 is 4.79 Å². The molecule has 1 saturated carbocycles. The maximum atomic E-state index is 11.4. The number of rotatable bonds is 1. The van der Waals surface area contributed by atoms with Crippen molar-refractivity contribution in [2.24, 2.45) is 0 Å². The number of carbonyl (C=O) groups is 1. The summed E-state index contributed by atoms with van der Waals surface area (Å²) in [6.07, 6.45) is 3.47. The Hall–Kier alpha value is -1.51. The van der Waals surface area contributed by atoms with Crippen LogP contribution in [0.15, 0.2) is 30.3 Å². The fourth-order valence-corrected chi connectivity index (χ4v) is 3.00. The Balaban J connectivity index is 1.87. The lowest BCUT2D eigenvalue weighted by molar-refractivity contribution is 0.246. The molecule has 2 fully saturated rings. The van der Waals surface area contributed by atoms with Gasteiger partial charge in [0.1, 0.15) is 0 Å². The molecule has 3 heteroatoms. The first-order valence-corrected chi connectivity index (χ1v) is 5.96. The second kappa shape index (κ2) is 3.81. The summed E-state index contributed by atoms with van der Waals surface area (Å²) in [4.78, 5) is 11.4. The van der Waals surface area contributed by atoms with E-state index >= 15 is 0 Å². The van der Waals surface area contributed by atoms with Gasteiger partial charge in [-0.25, -0.2) is 4.79 Å². The minimum atomic E-state index is -0.00201. The summed E-state index contributed by atoms with van der Waals surface area (Å²) in [7, 11) is 0. The van der Waals surface area contributed by atoms with Gasteiger partial charge >= 0.3 is 6.03 Å². The lowest BCUT2D eigenvalue weighted by Crippen LogP contribution is -2.41. The van der Waals surface area contributed by atoms with Crippen molar-refractivity contribution in [3.05, 3.63) is 35.9 Å². The molecule has 3 unspecified atom stereocenters. The molecule has 1 aromatic carbocycles. The number of benzene rings is 1. The maximum Gasteiger partial charge on any atom is 0.315 e. The fraction of sp³-hybridized carbons (Fsp3) is 0.462. The van der Waals surface area contributed by atoms with Crippen molar-refractivity contribution in [3.8, 4) is 0 Å². The molecule has 1 aliphatic heterocycles. The third-order valence-corrected chi connectivity index (χ3v) is 3.74. The van der Waals surface area contributed by atoms with E-state index in [1.165, 1.54) is 18.4 Å². The Labute approximate surface area is 95.2 Å². The van der Waals surface area contributed by atoms with Gasteiger partial charge in [-0.2, -0.15) is 0 Å². The van der Waals surface area contributed by atoms with E-state index in [0.717, 1.165) is 6.42 Å². The Bertz CT molecular complexity index is 390. The molecule has 3 atom stereocenters. The SMILES string of the molecule is O=C1NC2CCCC(c3ccccc3)C2N1. The molecule has 2 aliphatic rings. The van der Waals surface area contributed by atoms with Crippen LogP contribution in [0.25, 0.3) is 0 Å². The van der Waals surface area contributed by atoms with Crippen molar-refractivity contribution >= 4 is 6.03 Å². The quantitative estimate of drug-likeness (QED) is 0.740. The van der Waals surface area contributed by atoms with Gasteiger partial charge in [0.15, 0.2) is 0 Å². The van der Waals surface area contributed by atoms with E-state index in [0.29, 0.717) is 12.0 Å². The average molecular weight is 216 g/mol. The first kappa shape index (κ1) is 9.70. The topological polar surface area (TPSA) is 41.1 Å². The molecular formula is C13H16N2O. The van der Waals surface area contributed by atoms with E-state index in [-0.39, 0.29) is 12.1 Å². The monoisotopic (exact) mass is 216 g/mol. The van der Waals surface area contributed by atoms with Crippen molar-refractivity contribution in [1.82, 2.24) is 10.6 Å². The Morgan fingerprint density at radius 2 is 1.88 bits per heavy atom. The van der Waals surface area contributed by atoms with E-state index in [2.05, 4.69) is 34.9 Å². The van der Waals surface area contributed by atoms with Crippen LogP contribution in [0.1, 0.15) is 30.7 Å². The lowest BCUT2D eigenvalue weighted by atomic mass is 9.78. The third kappa shape index (κ3) is 1.56. The summed E-state index contributed by atoms with van der Waals surface area (Å²) in [5.41, 5.74) is 1.35. The molecule has 1 aromatic rings. The van der Waals surface area contributed by atoms with Gasteiger partial charge in [0.2, 0.25) is 0 Å². The standard InChI is InChI=1S/C13H16N2O/c16-13-14-11-8-4-7-10(12(11)15-13)9-5-2-1-3-6-9/h1-3,5-6,10-12H,4,7-8H2,(H2,14,15,16). The molecule has 84 valence electrons. The van der Waals surface area contributed by atoms with Crippen LogP contribution < -0.4 is 10.6 Å². The number of nitrogens with one attached hydrogen (secondary N) is 2. The average Bonchev–Trinajstić information content (AvgIpc) is 2.70. The number of fused-ring (bicyclic) bond motifs is 1. The summed E-state index contributed by atoms with van der Waals surface area (Å²) in [5.74, 6) is 0.471. The Morgan fingerprint density at radius 3 is 2.69 bits per heavy atom. The summed E-state index contributed by atoms with van der Waals surface area (Å²) in [5, 5.41) is 6.06. The highest BCUT2D eigenvalue weighted by atomic mass is 16.2. The van der Waals surface area contributed by atoms with Crippen LogP contribution in [0, 0.1) is 0 Å². The van der Waals surface area contributed by atoms with E-state index in [9.17, 15) is 4.79 Å². The molecule has 0 aromatic heterocycles. The lowest BCUT2D eigenvalue weighted by Gasteiger charge is -2.32. The normalized spacial score (nSPS) is 32.8. The van der Waals surface area contributed by atoms with Gasteiger partial charge in [-0.3, -0.25) is 0 Å². The molecule has 3 nitrogen and oxygen atoms in total. The minimum absolute atomic E-state index is 0.00201. The van der Waals surface area contributed by atoms with E-state index in [4.69, 9.17) is 0 Å². The Kier molecular flexibility index (Phi) is 2.31. The minimum Gasteiger partial charge on any atom is -0.333 e. The summed E-state index contributed by atoms with van der Waals surface area (Å²) >= 11 is 0. The van der Waals surface area contributed by atoms with Crippen LogP contribution in [0.3, 0.4) is 0 Å². The number of amides is 2. The fourth-order valence-electron chi connectivity index (χ4n) is 3.00. The van der Waals surface area contributed by atoms with E-state index < -0.39 is 0 Å². The second-order valence-electron chi connectivity index (χ2n) is 4.70. The van der Waals surface area contributed by atoms with Gasteiger partial charge in [-0.15, -0.1) is 0 Å². The predicted octanol–water partition coefficient (Wildman–Crippen LogP) is 2.00. The van der Waals surface area contributed by atoms with Gasteiger partial charge in [0.05, 0.1) is 12.1 Å². The highest BCUT2D eigenvalue weighted by Crippen LogP contribution is 2.34. The highest BCUT2D eigenvalue weighted by Gasteiger charge is 2.40. The first-order chi connectivity index (χ1) is 7.84. The summed E-state index contributed by atoms with van der Waals surface area (Å²) < 4.78 is 0. The first-order valence-electron chi connectivity index (χ1n) is 5.96. The molecule has 1 aliphatic carbocycles. The van der Waals surface area contributed by atoms with Crippen molar-refractivity contribution in [3.63, 3.8) is 0 Å². The largest absolute Gasteiger partial charge is 0.333 e. The summed E-state index contributed by atoms with van der Waals surface area (Å²) in [6, 6.07) is 11.1. The predicted molar refractivity (Wildman–Crippen MR) is 62.3 cm³/mol. The smallest absolute Gasteiger partial charge is 0.315 e. The second-order valence-corrected chi connectivity index (χ2v) is 4.70. The molecular weight excluding hydrogens is 200 g/mol. The van der Waals surface area contributed by atoms with Crippen LogP contribution in [0.2, 0.25) is 0 Å². The Morgan fingerprint density at radius 1 is 1.06 bits per heavy atom. The van der Waals surface area contributed by atoms with E-state index in [1.54, 1.807) is 0 Å². The molecule has 16 heavy (non-hydrogen) atoms. The molecule has 2 N–H and O–H groups in total. The molecule has 1 saturated heterocycles. The van der Waals surface area contributed by atoms with Gasteiger partial charge in [-0.1, -0.05) is 36.8 Å².